The molecule has 2 aromatic rings. The topological polar surface area (TPSA) is 55.4 Å². The Bertz CT molecular complexity index is 711. The first-order chi connectivity index (χ1) is 11.0. The van der Waals surface area contributed by atoms with Crippen molar-refractivity contribution in [3.05, 3.63) is 58.6 Å². The van der Waals surface area contributed by atoms with E-state index >= 15 is 0 Å². The van der Waals surface area contributed by atoms with Crippen LogP contribution < -0.4 is 10.1 Å². The van der Waals surface area contributed by atoms with Crippen LogP contribution >= 0.6 is 11.6 Å². The molecule has 0 aliphatic heterocycles. The largest absolute Gasteiger partial charge is 0.497 e. The summed E-state index contributed by atoms with van der Waals surface area (Å²) >= 11 is 6.01. The van der Waals surface area contributed by atoms with Crippen molar-refractivity contribution in [1.82, 2.24) is 0 Å². The van der Waals surface area contributed by atoms with Gasteiger partial charge in [-0.1, -0.05) is 17.7 Å². The van der Waals surface area contributed by atoms with Gasteiger partial charge in [0.15, 0.2) is 5.78 Å². The van der Waals surface area contributed by atoms with Crippen LogP contribution in [0.15, 0.2) is 42.5 Å². The number of hydrogen-bond acceptors (Lipinski definition) is 3. The van der Waals surface area contributed by atoms with E-state index < -0.39 is 0 Å². The zero-order valence-electron chi connectivity index (χ0n) is 13.1. The van der Waals surface area contributed by atoms with Crippen LogP contribution in [0.5, 0.6) is 5.75 Å². The Balaban J connectivity index is 1.90. The van der Waals surface area contributed by atoms with E-state index in [1.54, 1.807) is 49.6 Å². The van der Waals surface area contributed by atoms with Crippen LogP contribution in [0.3, 0.4) is 0 Å². The van der Waals surface area contributed by atoms with Crippen LogP contribution in [0.1, 0.15) is 28.8 Å². The molecule has 0 aliphatic rings. The van der Waals surface area contributed by atoms with Crippen LogP contribution in [0, 0.1) is 6.92 Å². The maximum Gasteiger partial charge on any atom is 0.224 e. The fourth-order valence-corrected chi connectivity index (χ4v) is 2.28. The lowest BCUT2D eigenvalue weighted by atomic mass is 10.1. The Hall–Kier alpha value is -2.33. The summed E-state index contributed by atoms with van der Waals surface area (Å²) in [5, 5.41) is 3.38. The van der Waals surface area contributed by atoms with Crippen molar-refractivity contribution in [3.8, 4) is 5.75 Å². The van der Waals surface area contributed by atoms with Crippen LogP contribution in [-0.4, -0.2) is 18.8 Å². The molecule has 4 nitrogen and oxygen atoms in total. The number of ketones is 1. The molecule has 0 radical (unpaired) electrons. The van der Waals surface area contributed by atoms with E-state index in [9.17, 15) is 9.59 Å². The quantitative estimate of drug-likeness (QED) is 0.805. The number of anilines is 1. The van der Waals surface area contributed by atoms with Gasteiger partial charge in [0.1, 0.15) is 5.75 Å². The summed E-state index contributed by atoms with van der Waals surface area (Å²) in [7, 11) is 1.57. The summed E-state index contributed by atoms with van der Waals surface area (Å²) in [6.45, 7) is 1.83. The van der Waals surface area contributed by atoms with E-state index in [2.05, 4.69) is 5.32 Å². The van der Waals surface area contributed by atoms with E-state index in [0.717, 1.165) is 5.56 Å². The lowest BCUT2D eigenvalue weighted by Crippen LogP contribution is -2.14. The van der Waals surface area contributed by atoms with Gasteiger partial charge in [-0.15, -0.1) is 0 Å². The van der Waals surface area contributed by atoms with Gasteiger partial charge in [-0.05, 0) is 48.9 Å². The van der Waals surface area contributed by atoms with Crippen LogP contribution in [0.4, 0.5) is 5.69 Å². The minimum absolute atomic E-state index is 0.0781. The smallest absolute Gasteiger partial charge is 0.224 e. The first kappa shape index (κ1) is 17.0. The molecule has 120 valence electrons. The number of halogens is 1. The number of hydrogen-bond donors (Lipinski definition) is 1. The van der Waals surface area contributed by atoms with Gasteiger partial charge in [0.05, 0.1) is 7.11 Å². The van der Waals surface area contributed by atoms with Gasteiger partial charge in [-0.25, -0.2) is 0 Å². The molecule has 0 unspecified atom stereocenters. The highest BCUT2D eigenvalue weighted by Gasteiger charge is 2.11. The minimum atomic E-state index is -0.211. The molecule has 0 spiro atoms. The average molecular weight is 332 g/mol. The van der Waals surface area contributed by atoms with Crippen molar-refractivity contribution in [2.45, 2.75) is 19.8 Å². The minimum Gasteiger partial charge on any atom is -0.497 e. The Labute approximate surface area is 140 Å². The molecule has 1 N–H and O–H groups in total. The lowest BCUT2D eigenvalue weighted by Gasteiger charge is -2.09. The molecule has 0 saturated heterocycles. The van der Waals surface area contributed by atoms with E-state index in [1.165, 1.54) is 0 Å². The van der Waals surface area contributed by atoms with Crippen molar-refractivity contribution in [2.24, 2.45) is 0 Å². The third kappa shape index (κ3) is 4.57. The number of rotatable bonds is 6. The third-order valence-corrected chi connectivity index (χ3v) is 3.94. The number of ether oxygens (including phenoxy) is 1. The molecule has 2 aromatic carbocycles. The summed E-state index contributed by atoms with van der Waals surface area (Å²) in [5.74, 6) is 0.401. The van der Waals surface area contributed by atoms with E-state index in [4.69, 9.17) is 16.3 Å². The second kappa shape index (κ2) is 7.79. The average Bonchev–Trinajstić information content (AvgIpc) is 2.57. The molecule has 5 heteroatoms. The summed E-state index contributed by atoms with van der Waals surface area (Å²) in [6.07, 6.45) is 0.272. The number of benzene rings is 2. The van der Waals surface area contributed by atoms with E-state index in [0.29, 0.717) is 22.0 Å². The highest BCUT2D eigenvalue weighted by atomic mass is 35.5. The standard InChI is InChI=1S/C18H18ClNO3/c1-12-15(19)4-3-5-16(12)20-18(22)11-10-17(21)13-6-8-14(23-2)9-7-13/h3-9H,10-11H2,1-2H3,(H,20,22). The zero-order chi connectivity index (χ0) is 16.8. The number of carbonyl (C=O) groups excluding carboxylic acids is 2. The first-order valence-electron chi connectivity index (χ1n) is 7.23. The molecule has 0 fully saturated rings. The SMILES string of the molecule is COc1ccc(C(=O)CCC(=O)Nc2cccc(Cl)c2C)cc1. The number of Topliss-reactive ketones (excluding diaryl/α,β-unsaturated/α-hetero) is 1. The first-order valence-corrected chi connectivity index (χ1v) is 7.61. The van der Waals surface area contributed by atoms with Gasteiger partial charge in [0.25, 0.3) is 0 Å². The third-order valence-electron chi connectivity index (χ3n) is 3.53. The van der Waals surface area contributed by atoms with Gasteiger partial charge in [-0.2, -0.15) is 0 Å². The molecule has 2 rings (SSSR count). The predicted octanol–water partition coefficient (Wildman–Crippen LogP) is 4.26. The molecular weight excluding hydrogens is 314 g/mol. The van der Waals surface area contributed by atoms with E-state index in [1.807, 2.05) is 6.92 Å². The summed E-state index contributed by atoms with van der Waals surface area (Å²) in [6, 6.07) is 12.2. The summed E-state index contributed by atoms with van der Waals surface area (Å²) in [4.78, 5) is 24.1. The van der Waals surface area contributed by atoms with Gasteiger partial charge >= 0.3 is 0 Å². The molecule has 1 amide bonds. The van der Waals surface area contributed by atoms with Gasteiger partial charge in [-0.3, -0.25) is 9.59 Å². The van der Waals surface area contributed by atoms with Crippen molar-refractivity contribution in [1.29, 1.82) is 0 Å². The Morgan fingerprint density at radius 3 is 2.43 bits per heavy atom. The van der Waals surface area contributed by atoms with Crippen LogP contribution in [-0.2, 0) is 4.79 Å². The molecule has 0 saturated carbocycles. The van der Waals surface area contributed by atoms with Crippen molar-refractivity contribution in [2.75, 3.05) is 12.4 Å². The van der Waals surface area contributed by atoms with Gasteiger partial charge < -0.3 is 10.1 Å². The van der Waals surface area contributed by atoms with E-state index in [-0.39, 0.29) is 24.5 Å². The summed E-state index contributed by atoms with van der Waals surface area (Å²) < 4.78 is 5.05. The van der Waals surface area contributed by atoms with Gasteiger partial charge in [0, 0.05) is 29.1 Å². The molecule has 0 heterocycles. The normalized spacial score (nSPS) is 10.2. The number of nitrogens with one attached hydrogen (secondary N) is 1. The zero-order valence-corrected chi connectivity index (χ0v) is 13.8. The second-order valence-electron chi connectivity index (χ2n) is 5.11. The summed E-state index contributed by atoms with van der Waals surface area (Å²) in [5.41, 5.74) is 2.04. The van der Waals surface area contributed by atoms with Crippen LogP contribution in [0.2, 0.25) is 5.02 Å². The maximum absolute atomic E-state index is 12.1. The fourth-order valence-electron chi connectivity index (χ4n) is 2.10. The molecular formula is C18H18ClNO3. The number of methoxy groups -OCH3 is 1. The molecule has 0 aliphatic carbocycles. The monoisotopic (exact) mass is 331 g/mol. The second-order valence-corrected chi connectivity index (χ2v) is 5.52. The number of amides is 1. The molecule has 23 heavy (non-hydrogen) atoms. The molecule has 0 aromatic heterocycles. The molecule has 0 bridgehead atoms. The van der Waals surface area contributed by atoms with Gasteiger partial charge in [0.2, 0.25) is 5.91 Å². The van der Waals surface area contributed by atoms with Crippen molar-refractivity contribution < 1.29 is 14.3 Å². The Kier molecular flexibility index (Phi) is 5.77. The predicted molar refractivity (Wildman–Crippen MR) is 91.4 cm³/mol. The van der Waals surface area contributed by atoms with Crippen LogP contribution in [0.25, 0.3) is 0 Å². The Morgan fingerprint density at radius 2 is 1.78 bits per heavy atom. The molecule has 0 atom stereocenters. The number of carbonyl (C=O) groups is 2. The highest BCUT2D eigenvalue weighted by molar-refractivity contribution is 6.31. The van der Waals surface area contributed by atoms with Crippen molar-refractivity contribution in [3.63, 3.8) is 0 Å². The highest BCUT2D eigenvalue weighted by Crippen LogP contribution is 2.23. The maximum atomic E-state index is 12.1. The Morgan fingerprint density at radius 1 is 1.09 bits per heavy atom. The van der Waals surface area contributed by atoms with Crippen molar-refractivity contribution >= 4 is 29.0 Å². The lowest BCUT2D eigenvalue weighted by molar-refractivity contribution is -0.116. The fraction of sp³-hybridized carbons (Fsp3) is 0.222.